The van der Waals surface area contributed by atoms with E-state index < -0.39 is 17.8 Å². The Kier molecular flexibility index (Phi) is 7.64. The van der Waals surface area contributed by atoms with Crippen molar-refractivity contribution in [3.8, 4) is 0 Å². The first-order valence-electron chi connectivity index (χ1n) is 11.8. The van der Waals surface area contributed by atoms with Crippen molar-refractivity contribution < 1.29 is 18.8 Å². The molecule has 0 bridgehead atoms. The van der Waals surface area contributed by atoms with Crippen LogP contribution in [0.15, 0.2) is 67.3 Å². The van der Waals surface area contributed by atoms with E-state index >= 15 is 0 Å². The molecule has 0 unspecified atom stereocenters. The lowest BCUT2D eigenvalue weighted by atomic mass is 9.68. The number of amides is 1. The Labute approximate surface area is 210 Å². The molecular weight excluding hydrogens is 459 g/mol. The summed E-state index contributed by atoms with van der Waals surface area (Å²) in [5, 5.41) is 0. The van der Waals surface area contributed by atoms with Crippen LogP contribution >= 0.6 is 0 Å². The second-order valence-corrected chi connectivity index (χ2v) is 9.38. The third kappa shape index (κ3) is 5.23. The molecular formula is C28H29FN4O3. The average molecular weight is 489 g/mol. The molecule has 1 fully saturated rings. The molecule has 3 aromatic rings. The van der Waals surface area contributed by atoms with Gasteiger partial charge in [0.2, 0.25) is 5.91 Å². The Morgan fingerprint density at radius 2 is 1.39 bits per heavy atom. The summed E-state index contributed by atoms with van der Waals surface area (Å²) in [7, 11) is 3.34. The van der Waals surface area contributed by atoms with E-state index in [1.807, 2.05) is 4.90 Å². The lowest BCUT2D eigenvalue weighted by Crippen LogP contribution is -2.52. The van der Waals surface area contributed by atoms with Crippen LogP contribution in [0.3, 0.4) is 0 Å². The molecule has 0 N–H and O–H groups in total. The van der Waals surface area contributed by atoms with Crippen LogP contribution in [0.25, 0.3) is 0 Å². The molecule has 0 saturated carbocycles. The van der Waals surface area contributed by atoms with Crippen LogP contribution in [-0.2, 0) is 4.79 Å². The first kappa shape index (κ1) is 25.3. The number of rotatable bonds is 7. The highest BCUT2D eigenvalue weighted by molar-refractivity contribution is 6.02. The summed E-state index contributed by atoms with van der Waals surface area (Å²) < 4.78 is 14.7. The summed E-state index contributed by atoms with van der Waals surface area (Å²) in [5.41, 5.74) is 1.98. The fraction of sp³-hybridized carbons (Fsp3) is 0.321. The highest BCUT2D eigenvalue weighted by Crippen LogP contribution is 2.42. The van der Waals surface area contributed by atoms with Crippen LogP contribution in [0.5, 0.6) is 0 Å². The molecule has 1 aliphatic rings. The number of pyridine rings is 2. The molecule has 2 aromatic heterocycles. The number of likely N-dealkylation sites (tertiary alicyclic amines) is 1. The van der Waals surface area contributed by atoms with Crippen LogP contribution in [0.1, 0.15) is 37.8 Å². The fourth-order valence-corrected chi connectivity index (χ4v) is 4.97. The number of halogens is 1. The number of likely N-dealkylation sites (N-methyl/N-ethyl adjacent to an activating group) is 1. The SMILES string of the molecule is Cc1c(F)cccc1C1[C@@H](C(=O)c2ccncc2)CN(CC(=O)N(C)C)C[C@@H]1C(=O)c1ccncc1. The van der Waals surface area contributed by atoms with E-state index in [4.69, 9.17) is 0 Å². The molecule has 4 rings (SSSR count). The number of hydrogen-bond acceptors (Lipinski definition) is 6. The normalized spacial score (nSPS) is 18.6. The van der Waals surface area contributed by atoms with E-state index in [0.29, 0.717) is 22.3 Å². The second kappa shape index (κ2) is 10.9. The van der Waals surface area contributed by atoms with Gasteiger partial charge in [0.05, 0.1) is 6.54 Å². The summed E-state index contributed by atoms with van der Waals surface area (Å²) in [4.78, 5) is 51.7. The van der Waals surface area contributed by atoms with Crippen LogP contribution in [-0.4, -0.2) is 71.0 Å². The lowest BCUT2D eigenvalue weighted by Gasteiger charge is -2.43. The van der Waals surface area contributed by atoms with Crippen molar-refractivity contribution in [2.45, 2.75) is 12.8 Å². The largest absolute Gasteiger partial charge is 0.348 e. The maximum absolute atomic E-state index is 14.7. The summed E-state index contributed by atoms with van der Waals surface area (Å²) in [6, 6.07) is 11.3. The first-order valence-corrected chi connectivity index (χ1v) is 11.8. The van der Waals surface area contributed by atoms with Gasteiger partial charge in [0.1, 0.15) is 5.82 Å². The number of aromatic nitrogens is 2. The third-order valence-corrected chi connectivity index (χ3v) is 6.91. The molecule has 0 aliphatic carbocycles. The van der Waals surface area contributed by atoms with Gasteiger partial charge < -0.3 is 4.90 Å². The molecule has 186 valence electrons. The topological polar surface area (TPSA) is 83.5 Å². The molecule has 0 radical (unpaired) electrons. The Bertz CT molecular complexity index is 1190. The van der Waals surface area contributed by atoms with Crippen molar-refractivity contribution in [1.29, 1.82) is 0 Å². The highest BCUT2D eigenvalue weighted by Gasteiger charge is 2.45. The van der Waals surface area contributed by atoms with Crippen LogP contribution in [0.4, 0.5) is 4.39 Å². The Balaban J connectivity index is 1.85. The number of benzene rings is 1. The molecule has 3 heterocycles. The Hall–Kier alpha value is -3.78. The van der Waals surface area contributed by atoms with Crippen molar-refractivity contribution in [2.24, 2.45) is 11.8 Å². The average Bonchev–Trinajstić information content (AvgIpc) is 2.90. The van der Waals surface area contributed by atoms with Crippen molar-refractivity contribution in [2.75, 3.05) is 33.7 Å². The Morgan fingerprint density at radius 1 is 0.889 bits per heavy atom. The van der Waals surface area contributed by atoms with E-state index in [0.717, 1.165) is 0 Å². The van der Waals surface area contributed by atoms with Gasteiger partial charge in [0.15, 0.2) is 11.6 Å². The summed E-state index contributed by atoms with van der Waals surface area (Å²) in [5.74, 6) is -2.77. The maximum atomic E-state index is 14.7. The molecule has 36 heavy (non-hydrogen) atoms. The van der Waals surface area contributed by atoms with Crippen LogP contribution < -0.4 is 0 Å². The molecule has 7 nitrogen and oxygen atoms in total. The smallest absolute Gasteiger partial charge is 0.236 e. The minimum Gasteiger partial charge on any atom is -0.348 e. The lowest BCUT2D eigenvalue weighted by molar-refractivity contribution is -0.130. The van der Waals surface area contributed by atoms with Crippen LogP contribution in [0.2, 0.25) is 0 Å². The van der Waals surface area contributed by atoms with E-state index in [1.54, 1.807) is 82.2 Å². The molecule has 8 heteroatoms. The minimum absolute atomic E-state index is 0.0715. The molecule has 0 spiro atoms. The molecule has 1 aliphatic heterocycles. The zero-order valence-electron chi connectivity index (χ0n) is 20.6. The molecule has 1 aromatic carbocycles. The maximum Gasteiger partial charge on any atom is 0.236 e. The predicted molar refractivity (Wildman–Crippen MR) is 133 cm³/mol. The number of piperidine rings is 1. The van der Waals surface area contributed by atoms with Crippen molar-refractivity contribution in [3.63, 3.8) is 0 Å². The van der Waals surface area contributed by atoms with Gasteiger partial charge in [-0.25, -0.2) is 4.39 Å². The van der Waals surface area contributed by atoms with Gasteiger partial charge in [-0.05, 0) is 48.4 Å². The number of hydrogen-bond donors (Lipinski definition) is 0. The predicted octanol–water partition coefficient (Wildman–Crippen LogP) is 3.41. The molecule has 2 atom stereocenters. The van der Waals surface area contributed by atoms with Gasteiger partial charge in [-0.2, -0.15) is 0 Å². The van der Waals surface area contributed by atoms with E-state index in [-0.39, 0.29) is 42.9 Å². The third-order valence-electron chi connectivity index (χ3n) is 6.91. The van der Waals surface area contributed by atoms with Crippen molar-refractivity contribution >= 4 is 17.5 Å². The monoisotopic (exact) mass is 488 g/mol. The van der Waals surface area contributed by atoms with Crippen LogP contribution in [0, 0.1) is 24.6 Å². The quantitative estimate of drug-likeness (QED) is 0.474. The van der Waals surface area contributed by atoms with Gasteiger partial charge in [0.25, 0.3) is 0 Å². The zero-order valence-corrected chi connectivity index (χ0v) is 20.6. The van der Waals surface area contributed by atoms with Gasteiger partial charge >= 0.3 is 0 Å². The summed E-state index contributed by atoms with van der Waals surface area (Å²) in [6.07, 6.45) is 6.19. The van der Waals surface area contributed by atoms with E-state index in [9.17, 15) is 18.8 Å². The minimum atomic E-state index is -0.674. The first-order chi connectivity index (χ1) is 17.3. The van der Waals surface area contributed by atoms with Crippen molar-refractivity contribution in [3.05, 3.63) is 95.3 Å². The van der Waals surface area contributed by atoms with Crippen molar-refractivity contribution in [1.82, 2.24) is 19.8 Å². The Morgan fingerprint density at radius 3 is 1.86 bits per heavy atom. The van der Waals surface area contributed by atoms with Gasteiger partial charge in [-0.3, -0.25) is 29.3 Å². The molecule has 1 amide bonds. The number of ketones is 2. The zero-order chi connectivity index (χ0) is 25.8. The fourth-order valence-electron chi connectivity index (χ4n) is 4.97. The second-order valence-electron chi connectivity index (χ2n) is 9.38. The number of nitrogens with zero attached hydrogens (tertiary/aromatic N) is 4. The van der Waals surface area contributed by atoms with Gasteiger partial charge in [-0.15, -0.1) is 0 Å². The summed E-state index contributed by atoms with van der Waals surface area (Å²) >= 11 is 0. The van der Waals surface area contributed by atoms with Gasteiger partial charge in [0, 0.05) is 80.9 Å². The van der Waals surface area contributed by atoms with Gasteiger partial charge in [-0.1, -0.05) is 12.1 Å². The summed E-state index contributed by atoms with van der Waals surface area (Å²) in [6.45, 7) is 2.28. The number of carbonyl (C=O) groups is 3. The standard InChI is InChI=1S/C28H29FN4O3/c1-18-21(5-4-6-24(18)29)26-22(27(35)19-7-11-30-12-8-19)15-33(17-25(34)32(2)3)16-23(26)28(36)20-9-13-31-14-10-20/h4-14,22-23,26H,15-17H2,1-3H3/t22-,23-/m0/s1. The molecule has 1 saturated heterocycles. The van der Waals surface area contributed by atoms with E-state index in [2.05, 4.69) is 9.97 Å². The highest BCUT2D eigenvalue weighted by atomic mass is 19.1. The number of Topliss-reactive ketones (excluding diaryl/α,β-unsaturated/α-hetero) is 2. The number of carbonyl (C=O) groups excluding carboxylic acids is 3. The van der Waals surface area contributed by atoms with E-state index in [1.165, 1.54) is 11.0 Å².